The summed E-state index contributed by atoms with van der Waals surface area (Å²) in [5, 5.41) is 3.31. The molecule has 0 aromatic carbocycles. The van der Waals surface area contributed by atoms with Crippen molar-refractivity contribution in [2.75, 3.05) is 19.6 Å². The smallest absolute Gasteiger partial charge is 0.223 e. The van der Waals surface area contributed by atoms with E-state index in [4.69, 9.17) is 5.73 Å². The predicted octanol–water partition coefficient (Wildman–Crippen LogP) is 0.714. The molecule has 4 nitrogen and oxygen atoms in total. The Morgan fingerprint density at radius 1 is 1.06 bits per heavy atom. The second-order valence-corrected chi connectivity index (χ2v) is 6.36. The molecule has 1 unspecified atom stereocenters. The lowest BCUT2D eigenvalue weighted by Gasteiger charge is -2.45. The van der Waals surface area contributed by atoms with E-state index >= 15 is 0 Å². The zero-order chi connectivity index (χ0) is 12.5. The second kappa shape index (κ2) is 5.17. The summed E-state index contributed by atoms with van der Waals surface area (Å²) < 4.78 is 0. The molecule has 4 heteroatoms. The van der Waals surface area contributed by atoms with Gasteiger partial charge in [-0.25, -0.2) is 0 Å². The Hall–Kier alpha value is -0.610. The van der Waals surface area contributed by atoms with Crippen molar-refractivity contribution in [1.82, 2.24) is 10.2 Å². The van der Waals surface area contributed by atoms with E-state index in [0.717, 1.165) is 38.1 Å². The summed E-state index contributed by atoms with van der Waals surface area (Å²) in [7, 11) is 0. The SMILES string of the molecule is NC1CCC(C(=O)NC2CN3CCC2CC3)CC1. The van der Waals surface area contributed by atoms with Gasteiger partial charge in [-0.05, 0) is 57.5 Å². The molecule has 0 radical (unpaired) electrons. The van der Waals surface area contributed by atoms with Gasteiger partial charge in [-0.3, -0.25) is 4.79 Å². The highest BCUT2D eigenvalue weighted by molar-refractivity contribution is 5.79. The van der Waals surface area contributed by atoms with Gasteiger partial charge in [-0.15, -0.1) is 0 Å². The molecule has 2 bridgehead atoms. The minimum atomic E-state index is 0.222. The summed E-state index contributed by atoms with van der Waals surface area (Å²) in [4.78, 5) is 14.8. The van der Waals surface area contributed by atoms with E-state index < -0.39 is 0 Å². The van der Waals surface area contributed by atoms with Crippen molar-refractivity contribution in [1.29, 1.82) is 0 Å². The van der Waals surface area contributed by atoms with Crippen molar-refractivity contribution in [3.63, 3.8) is 0 Å². The maximum Gasteiger partial charge on any atom is 0.223 e. The molecule has 3 aliphatic heterocycles. The van der Waals surface area contributed by atoms with E-state index in [-0.39, 0.29) is 5.92 Å². The van der Waals surface area contributed by atoms with Gasteiger partial charge in [0.15, 0.2) is 0 Å². The zero-order valence-corrected chi connectivity index (χ0v) is 11.1. The first-order chi connectivity index (χ1) is 8.72. The minimum Gasteiger partial charge on any atom is -0.352 e. The zero-order valence-electron chi connectivity index (χ0n) is 11.1. The van der Waals surface area contributed by atoms with E-state index in [9.17, 15) is 4.79 Å². The lowest BCUT2D eigenvalue weighted by atomic mass is 9.82. The van der Waals surface area contributed by atoms with Gasteiger partial charge in [0.2, 0.25) is 5.91 Å². The second-order valence-electron chi connectivity index (χ2n) is 6.36. The van der Waals surface area contributed by atoms with Crippen LogP contribution in [0.25, 0.3) is 0 Å². The normalized spacial score (nSPS) is 43.7. The maximum atomic E-state index is 12.3. The number of nitrogens with two attached hydrogens (primary N) is 1. The molecule has 18 heavy (non-hydrogen) atoms. The number of nitrogens with one attached hydrogen (secondary N) is 1. The summed E-state index contributed by atoms with van der Waals surface area (Å²) in [6, 6.07) is 0.737. The molecule has 102 valence electrons. The number of hydrogen-bond acceptors (Lipinski definition) is 3. The number of rotatable bonds is 2. The number of amides is 1. The van der Waals surface area contributed by atoms with Crippen molar-refractivity contribution in [2.24, 2.45) is 17.6 Å². The van der Waals surface area contributed by atoms with Gasteiger partial charge in [0.05, 0.1) is 0 Å². The highest BCUT2D eigenvalue weighted by Crippen LogP contribution is 2.29. The third-order valence-electron chi connectivity index (χ3n) is 5.13. The number of hydrogen-bond donors (Lipinski definition) is 2. The first-order valence-electron chi connectivity index (χ1n) is 7.50. The van der Waals surface area contributed by atoms with Crippen LogP contribution in [0.15, 0.2) is 0 Å². The summed E-state index contributed by atoms with van der Waals surface area (Å²) in [6.45, 7) is 3.53. The molecule has 4 aliphatic rings. The first-order valence-corrected chi connectivity index (χ1v) is 7.50. The van der Waals surface area contributed by atoms with Crippen molar-refractivity contribution in [3.8, 4) is 0 Å². The Kier molecular flexibility index (Phi) is 3.57. The van der Waals surface area contributed by atoms with Gasteiger partial charge >= 0.3 is 0 Å². The Bertz CT molecular complexity index is 304. The van der Waals surface area contributed by atoms with Gasteiger partial charge in [-0.1, -0.05) is 0 Å². The first kappa shape index (κ1) is 12.4. The number of carbonyl (C=O) groups is 1. The van der Waals surface area contributed by atoms with Gasteiger partial charge in [0, 0.05) is 24.5 Å². The van der Waals surface area contributed by atoms with Crippen LogP contribution in [0.1, 0.15) is 38.5 Å². The highest BCUT2D eigenvalue weighted by atomic mass is 16.2. The topological polar surface area (TPSA) is 58.4 Å². The molecular weight excluding hydrogens is 226 g/mol. The summed E-state index contributed by atoms with van der Waals surface area (Å²) in [5.41, 5.74) is 5.89. The Morgan fingerprint density at radius 3 is 2.28 bits per heavy atom. The van der Waals surface area contributed by atoms with Crippen LogP contribution < -0.4 is 11.1 Å². The van der Waals surface area contributed by atoms with Crippen LogP contribution in [-0.2, 0) is 4.79 Å². The van der Waals surface area contributed by atoms with Crippen LogP contribution >= 0.6 is 0 Å². The van der Waals surface area contributed by atoms with Crippen LogP contribution in [0.4, 0.5) is 0 Å². The van der Waals surface area contributed by atoms with Crippen LogP contribution in [-0.4, -0.2) is 42.5 Å². The lowest BCUT2D eigenvalue weighted by Crippen LogP contribution is -2.58. The van der Waals surface area contributed by atoms with Crippen molar-refractivity contribution in [2.45, 2.75) is 50.6 Å². The van der Waals surface area contributed by atoms with Crippen LogP contribution in [0.5, 0.6) is 0 Å². The molecule has 0 aromatic rings. The monoisotopic (exact) mass is 251 g/mol. The fourth-order valence-corrected chi connectivity index (χ4v) is 3.81. The summed E-state index contributed by atoms with van der Waals surface area (Å²) in [5.74, 6) is 1.24. The predicted molar refractivity (Wildman–Crippen MR) is 71.0 cm³/mol. The molecule has 3 heterocycles. The Labute approximate surface area is 109 Å². The standard InChI is InChI=1S/C14H25N3O/c15-12-3-1-11(2-4-12)14(18)16-13-9-17-7-5-10(13)6-8-17/h10-13H,1-9,15H2,(H,16,18). The largest absolute Gasteiger partial charge is 0.352 e. The lowest BCUT2D eigenvalue weighted by molar-refractivity contribution is -0.128. The summed E-state index contributed by atoms with van der Waals surface area (Å²) >= 11 is 0. The maximum absolute atomic E-state index is 12.3. The third-order valence-corrected chi connectivity index (χ3v) is 5.13. The fraction of sp³-hybridized carbons (Fsp3) is 0.929. The van der Waals surface area contributed by atoms with E-state index in [1.165, 1.54) is 25.9 Å². The Morgan fingerprint density at radius 2 is 1.72 bits per heavy atom. The van der Waals surface area contributed by atoms with E-state index in [0.29, 0.717) is 18.0 Å². The fourth-order valence-electron chi connectivity index (χ4n) is 3.81. The number of carbonyl (C=O) groups excluding carboxylic acids is 1. The Balaban J connectivity index is 1.52. The molecular formula is C14H25N3O. The quantitative estimate of drug-likeness (QED) is 0.760. The van der Waals surface area contributed by atoms with E-state index in [1.54, 1.807) is 0 Å². The van der Waals surface area contributed by atoms with Crippen LogP contribution in [0.3, 0.4) is 0 Å². The van der Waals surface area contributed by atoms with Crippen molar-refractivity contribution >= 4 is 5.91 Å². The molecule has 4 fully saturated rings. The van der Waals surface area contributed by atoms with Crippen molar-refractivity contribution < 1.29 is 4.79 Å². The van der Waals surface area contributed by atoms with E-state index in [2.05, 4.69) is 10.2 Å². The average Bonchev–Trinajstić information content (AvgIpc) is 2.41. The molecule has 3 N–H and O–H groups in total. The molecule has 3 saturated heterocycles. The van der Waals surface area contributed by atoms with Gasteiger partial charge in [0.1, 0.15) is 0 Å². The molecule has 4 rings (SSSR count). The van der Waals surface area contributed by atoms with Gasteiger partial charge in [-0.2, -0.15) is 0 Å². The molecule has 1 saturated carbocycles. The molecule has 0 aromatic heterocycles. The van der Waals surface area contributed by atoms with Gasteiger partial charge in [0.25, 0.3) is 0 Å². The minimum absolute atomic E-state index is 0.222. The van der Waals surface area contributed by atoms with E-state index in [1.807, 2.05) is 0 Å². The van der Waals surface area contributed by atoms with Crippen LogP contribution in [0.2, 0.25) is 0 Å². The van der Waals surface area contributed by atoms with Crippen LogP contribution in [0, 0.1) is 11.8 Å². The number of nitrogens with zero attached hydrogens (tertiary/aromatic N) is 1. The number of piperidine rings is 3. The molecule has 0 spiro atoms. The highest BCUT2D eigenvalue weighted by Gasteiger charge is 2.36. The third kappa shape index (κ3) is 2.54. The molecule has 1 amide bonds. The summed E-state index contributed by atoms with van der Waals surface area (Å²) in [6.07, 6.45) is 6.51. The van der Waals surface area contributed by atoms with Gasteiger partial charge < -0.3 is 16.0 Å². The number of fused-ring (bicyclic) bond motifs is 3. The van der Waals surface area contributed by atoms with Crippen molar-refractivity contribution in [3.05, 3.63) is 0 Å². The molecule has 1 atom stereocenters. The molecule has 1 aliphatic carbocycles. The average molecular weight is 251 g/mol.